The van der Waals surface area contributed by atoms with E-state index >= 15 is 0 Å². The molecule has 0 spiro atoms. The molecule has 0 radical (unpaired) electrons. The average molecular weight is 433 g/mol. The highest BCUT2D eigenvalue weighted by molar-refractivity contribution is 7.89. The van der Waals surface area contributed by atoms with E-state index in [9.17, 15) is 13.2 Å². The van der Waals surface area contributed by atoms with Gasteiger partial charge in [-0.1, -0.05) is 12.1 Å². The minimum atomic E-state index is -3.62. The second kappa shape index (κ2) is 10.1. The van der Waals surface area contributed by atoms with Gasteiger partial charge in [-0.3, -0.25) is 4.79 Å². The Morgan fingerprint density at radius 2 is 1.83 bits per heavy atom. The van der Waals surface area contributed by atoms with Crippen LogP contribution in [0.25, 0.3) is 0 Å². The van der Waals surface area contributed by atoms with Crippen LogP contribution in [0.3, 0.4) is 0 Å². The maximum atomic E-state index is 13.1. The fraction of sp³-hybridized carbons (Fsp3) is 0.409. The van der Waals surface area contributed by atoms with Crippen LogP contribution in [0.4, 0.5) is 0 Å². The van der Waals surface area contributed by atoms with Crippen molar-refractivity contribution >= 4 is 15.9 Å². The maximum absolute atomic E-state index is 13.1. The van der Waals surface area contributed by atoms with Gasteiger partial charge >= 0.3 is 0 Å². The molecule has 1 atom stereocenters. The summed E-state index contributed by atoms with van der Waals surface area (Å²) in [6.45, 7) is 3.71. The standard InChI is InChI=1S/C22H28N2O5S/c1-3-29-19-10-6-17(7-11-19)21-5-4-15-24(21)22(25)18-8-12-20(13-9-18)30(26,27)23-14-16-28-2/h6-13,21,23H,3-5,14-16H2,1-2H3. The molecule has 0 aliphatic carbocycles. The first kappa shape index (κ1) is 22.3. The third-order valence-corrected chi connectivity index (χ3v) is 6.58. The minimum absolute atomic E-state index is 0.00676. The molecule has 30 heavy (non-hydrogen) atoms. The molecule has 0 saturated carbocycles. The van der Waals surface area contributed by atoms with Crippen LogP contribution < -0.4 is 9.46 Å². The third kappa shape index (κ3) is 5.19. The Morgan fingerprint density at radius 3 is 2.47 bits per heavy atom. The van der Waals surface area contributed by atoms with Gasteiger partial charge in [-0.2, -0.15) is 0 Å². The molecule has 1 aliphatic rings. The topological polar surface area (TPSA) is 84.9 Å². The number of ether oxygens (including phenoxy) is 2. The number of hydrogen-bond donors (Lipinski definition) is 1. The molecule has 1 aliphatic heterocycles. The molecule has 0 aromatic heterocycles. The molecule has 3 rings (SSSR count). The minimum Gasteiger partial charge on any atom is -0.494 e. The number of rotatable bonds is 9. The Hall–Kier alpha value is -2.42. The lowest BCUT2D eigenvalue weighted by atomic mass is 10.0. The molecule has 2 aromatic carbocycles. The van der Waals surface area contributed by atoms with Crippen LogP contribution in [0.2, 0.25) is 0 Å². The van der Waals surface area contributed by atoms with E-state index in [1.807, 2.05) is 36.1 Å². The van der Waals surface area contributed by atoms with Gasteiger partial charge in [-0.05, 0) is 61.7 Å². The van der Waals surface area contributed by atoms with Crippen molar-refractivity contribution in [3.05, 3.63) is 59.7 Å². The van der Waals surface area contributed by atoms with Crippen LogP contribution in [0.1, 0.15) is 41.7 Å². The Bertz CT molecular complexity index is 942. The zero-order chi connectivity index (χ0) is 21.6. The van der Waals surface area contributed by atoms with Crippen molar-refractivity contribution in [1.29, 1.82) is 0 Å². The fourth-order valence-electron chi connectivity index (χ4n) is 3.61. The molecular weight excluding hydrogens is 404 g/mol. The first-order valence-corrected chi connectivity index (χ1v) is 11.6. The third-order valence-electron chi connectivity index (χ3n) is 5.10. The van der Waals surface area contributed by atoms with Crippen LogP contribution in [0.5, 0.6) is 5.75 Å². The highest BCUT2D eigenvalue weighted by Crippen LogP contribution is 2.34. The van der Waals surface area contributed by atoms with Crippen LogP contribution in [0.15, 0.2) is 53.4 Å². The Morgan fingerprint density at radius 1 is 1.13 bits per heavy atom. The van der Waals surface area contributed by atoms with Crippen LogP contribution in [0, 0.1) is 0 Å². The molecule has 162 valence electrons. The summed E-state index contributed by atoms with van der Waals surface area (Å²) < 4.78 is 37.4. The van der Waals surface area contributed by atoms with E-state index in [2.05, 4.69) is 4.72 Å². The van der Waals surface area contributed by atoms with Gasteiger partial charge in [0.2, 0.25) is 10.0 Å². The number of amides is 1. The summed E-state index contributed by atoms with van der Waals surface area (Å²) in [6, 6.07) is 13.9. The number of carbonyl (C=O) groups is 1. The molecule has 1 amide bonds. The number of hydrogen-bond acceptors (Lipinski definition) is 5. The largest absolute Gasteiger partial charge is 0.494 e. The molecule has 1 N–H and O–H groups in total. The van der Waals surface area contributed by atoms with Crippen molar-refractivity contribution in [2.24, 2.45) is 0 Å². The first-order valence-electron chi connectivity index (χ1n) is 10.1. The van der Waals surface area contributed by atoms with E-state index in [0.29, 0.717) is 18.7 Å². The second-order valence-electron chi connectivity index (χ2n) is 7.07. The highest BCUT2D eigenvalue weighted by atomic mass is 32.2. The summed E-state index contributed by atoms with van der Waals surface area (Å²) in [5.41, 5.74) is 1.55. The SMILES string of the molecule is CCOc1ccc(C2CCCN2C(=O)c2ccc(S(=O)(=O)NCCOC)cc2)cc1. The fourth-order valence-corrected chi connectivity index (χ4v) is 4.63. The van der Waals surface area contributed by atoms with Gasteiger partial charge in [-0.15, -0.1) is 0 Å². The van der Waals surface area contributed by atoms with Crippen molar-refractivity contribution in [1.82, 2.24) is 9.62 Å². The van der Waals surface area contributed by atoms with Crippen molar-refractivity contribution < 1.29 is 22.7 Å². The van der Waals surface area contributed by atoms with Crippen LogP contribution >= 0.6 is 0 Å². The van der Waals surface area contributed by atoms with Crippen molar-refractivity contribution in [3.8, 4) is 5.75 Å². The van der Waals surface area contributed by atoms with Gasteiger partial charge in [0, 0.05) is 25.8 Å². The zero-order valence-corrected chi connectivity index (χ0v) is 18.2. The molecule has 0 bridgehead atoms. The number of likely N-dealkylation sites (tertiary alicyclic amines) is 1. The first-order chi connectivity index (χ1) is 14.5. The van der Waals surface area contributed by atoms with Crippen molar-refractivity contribution in [3.63, 3.8) is 0 Å². The number of sulfonamides is 1. The average Bonchev–Trinajstić information content (AvgIpc) is 3.24. The van der Waals surface area contributed by atoms with Gasteiger partial charge in [0.25, 0.3) is 5.91 Å². The van der Waals surface area contributed by atoms with Crippen molar-refractivity contribution in [2.75, 3.05) is 33.4 Å². The molecule has 1 fully saturated rings. The van der Waals surface area contributed by atoms with Crippen molar-refractivity contribution in [2.45, 2.75) is 30.7 Å². The maximum Gasteiger partial charge on any atom is 0.254 e. The van der Waals surface area contributed by atoms with Gasteiger partial charge < -0.3 is 14.4 Å². The summed E-state index contributed by atoms with van der Waals surface area (Å²) in [6.07, 6.45) is 1.83. The van der Waals surface area contributed by atoms with E-state index < -0.39 is 10.0 Å². The van der Waals surface area contributed by atoms with Crippen LogP contribution in [-0.2, 0) is 14.8 Å². The van der Waals surface area contributed by atoms with Gasteiger partial charge in [-0.25, -0.2) is 13.1 Å². The second-order valence-corrected chi connectivity index (χ2v) is 8.84. The van der Waals surface area contributed by atoms with E-state index in [1.54, 1.807) is 12.1 Å². The van der Waals surface area contributed by atoms with Crippen LogP contribution in [-0.4, -0.2) is 52.6 Å². The summed E-state index contributed by atoms with van der Waals surface area (Å²) in [4.78, 5) is 15.1. The number of methoxy groups -OCH3 is 1. The lowest BCUT2D eigenvalue weighted by Gasteiger charge is -2.25. The lowest BCUT2D eigenvalue weighted by molar-refractivity contribution is 0.0735. The predicted molar refractivity (Wildman–Crippen MR) is 114 cm³/mol. The molecule has 1 heterocycles. The lowest BCUT2D eigenvalue weighted by Crippen LogP contribution is -2.30. The van der Waals surface area contributed by atoms with E-state index in [0.717, 1.165) is 24.2 Å². The summed E-state index contributed by atoms with van der Waals surface area (Å²) in [5.74, 6) is 0.718. The van der Waals surface area contributed by atoms with E-state index in [1.165, 1.54) is 19.2 Å². The molecule has 2 aromatic rings. The molecule has 1 unspecified atom stereocenters. The monoisotopic (exact) mass is 432 g/mol. The van der Waals surface area contributed by atoms with Gasteiger partial charge in [0.05, 0.1) is 24.2 Å². The summed E-state index contributed by atoms with van der Waals surface area (Å²) in [5, 5.41) is 0. The number of nitrogens with one attached hydrogen (secondary N) is 1. The smallest absolute Gasteiger partial charge is 0.254 e. The predicted octanol–water partition coefficient (Wildman–Crippen LogP) is 2.99. The molecule has 1 saturated heterocycles. The van der Waals surface area contributed by atoms with Gasteiger partial charge in [0.15, 0.2) is 0 Å². The zero-order valence-electron chi connectivity index (χ0n) is 17.3. The number of carbonyl (C=O) groups excluding carboxylic acids is 1. The Labute approximate surface area is 178 Å². The molecule has 7 nitrogen and oxygen atoms in total. The molecule has 8 heteroatoms. The van der Waals surface area contributed by atoms with Gasteiger partial charge in [0.1, 0.15) is 5.75 Å². The summed E-state index contributed by atoms with van der Waals surface area (Å²) in [7, 11) is -2.12. The quantitative estimate of drug-likeness (QED) is 0.616. The number of nitrogens with zero attached hydrogens (tertiary/aromatic N) is 1. The Kier molecular flexibility index (Phi) is 7.47. The normalized spacial score (nSPS) is 16.6. The number of benzene rings is 2. The highest BCUT2D eigenvalue weighted by Gasteiger charge is 2.30. The van der Waals surface area contributed by atoms with E-state index in [-0.39, 0.29) is 30.0 Å². The van der Waals surface area contributed by atoms with E-state index in [4.69, 9.17) is 9.47 Å². The molecular formula is C22H28N2O5S. The Balaban J connectivity index is 1.72. The summed E-state index contributed by atoms with van der Waals surface area (Å²) >= 11 is 0.